The highest BCUT2D eigenvalue weighted by Gasteiger charge is 2.39. The fraction of sp³-hybridized carbons (Fsp3) is 0.167. The summed E-state index contributed by atoms with van der Waals surface area (Å²) in [5.41, 5.74) is 0.629. The zero-order valence-corrected chi connectivity index (χ0v) is 20.8. The summed E-state index contributed by atoms with van der Waals surface area (Å²) in [6.45, 7) is 0.203. The minimum Gasteiger partial charge on any atom is -0.324 e. The molecule has 10 heteroatoms. The lowest BCUT2D eigenvalue weighted by molar-refractivity contribution is -0.119. The van der Waals surface area contributed by atoms with Crippen LogP contribution in [0.3, 0.4) is 0 Å². The number of carbonyl (C=O) groups excluding carboxylic acids is 2. The van der Waals surface area contributed by atoms with Gasteiger partial charge < -0.3 is 5.32 Å². The van der Waals surface area contributed by atoms with Crippen molar-refractivity contribution in [1.82, 2.24) is 4.31 Å². The highest BCUT2D eigenvalue weighted by atomic mass is 35.5. The first-order valence-corrected chi connectivity index (χ1v) is 12.9. The fourth-order valence-electron chi connectivity index (χ4n) is 3.85. The first-order chi connectivity index (χ1) is 16.2. The minimum atomic E-state index is -3.92. The molecule has 0 radical (unpaired) electrons. The van der Waals surface area contributed by atoms with Crippen molar-refractivity contribution in [3.63, 3.8) is 0 Å². The van der Waals surface area contributed by atoms with Gasteiger partial charge in [0.05, 0.1) is 15.6 Å². The second kappa shape index (κ2) is 10.1. The van der Waals surface area contributed by atoms with Crippen molar-refractivity contribution < 1.29 is 18.0 Å². The molecule has 0 spiro atoms. The van der Waals surface area contributed by atoms with Gasteiger partial charge in [-0.25, -0.2) is 8.42 Å². The summed E-state index contributed by atoms with van der Waals surface area (Å²) in [7, 11) is -3.92. The molecular formula is C24H19Cl3N2O4S. The predicted octanol–water partition coefficient (Wildman–Crippen LogP) is 5.67. The largest absolute Gasteiger partial charge is 0.324 e. The lowest BCUT2D eigenvalue weighted by Crippen LogP contribution is -2.43. The van der Waals surface area contributed by atoms with Gasteiger partial charge in [-0.3, -0.25) is 9.59 Å². The lowest BCUT2D eigenvalue weighted by atomic mass is 10.0. The number of benzene rings is 3. The third-order valence-corrected chi connectivity index (χ3v) is 8.27. The van der Waals surface area contributed by atoms with Crippen LogP contribution in [0.1, 0.15) is 28.8 Å². The molecular weight excluding hydrogens is 519 g/mol. The van der Waals surface area contributed by atoms with Crippen molar-refractivity contribution >= 4 is 62.2 Å². The molecule has 0 aromatic heterocycles. The van der Waals surface area contributed by atoms with Crippen LogP contribution in [0.25, 0.3) is 0 Å². The van der Waals surface area contributed by atoms with E-state index in [-0.39, 0.29) is 33.3 Å². The number of nitrogens with one attached hydrogen (secondary N) is 1. The smallest absolute Gasteiger partial charge is 0.243 e. The molecule has 176 valence electrons. The summed E-state index contributed by atoms with van der Waals surface area (Å²) in [6, 6.07) is 15.9. The van der Waals surface area contributed by atoms with Gasteiger partial charge in [-0.1, -0.05) is 46.9 Å². The van der Waals surface area contributed by atoms with Crippen LogP contribution in [0, 0.1) is 0 Å². The molecule has 1 fully saturated rings. The molecule has 3 aromatic carbocycles. The summed E-state index contributed by atoms with van der Waals surface area (Å²) < 4.78 is 27.5. The molecule has 1 aliphatic rings. The van der Waals surface area contributed by atoms with E-state index in [1.165, 1.54) is 46.8 Å². The standard InChI is InChI=1S/C24H19Cl3N2O4S/c25-15-7-10-17(11-8-15)34(32,33)29-13-3-6-22(29)24(31)28-21-12-9-16(26)14-19(21)23(30)18-4-1-2-5-20(18)27/h1-2,4-5,7-12,14,22H,3,6,13H2,(H,28,31). The third kappa shape index (κ3) is 4.99. The lowest BCUT2D eigenvalue weighted by Gasteiger charge is -2.24. The Hall–Kier alpha value is -2.42. The fourth-order valence-corrected chi connectivity index (χ4v) is 6.03. The van der Waals surface area contributed by atoms with E-state index in [0.29, 0.717) is 22.9 Å². The van der Waals surface area contributed by atoms with Crippen LogP contribution in [-0.2, 0) is 14.8 Å². The molecule has 1 aliphatic heterocycles. The van der Waals surface area contributed by atoms with Gasteiger partial charge in [0, 0.05) is 27.7 Å². The Kier molecular flexibility index (Phi) is 7.31. The molecule has 1 unspecified atom stereocenters. The number of anilines is 1. The maximum atomic E-state index is 13.2. The molecule has 0 saturated carbocycles. The molecule has 6 nitrogen and oxygen atoms in total. The number of carbonyl (C=O) groups is 2. The van der Waals surface area contributed by atoms with Crippen molar-refractivity contribution in [2.24, 2.45) is 0 Å². The second-order valence-corrected chi connectivity index (χ2v) is 10.9. The van der Waals surface area contributed by atoms with E-state index in [1.807, 2.05) is 0 Å². The van der Waals surface area contributed by atoms with E-state index in [2.05, 4.69) is 5.32 Å². The van der Waals surface area contributed by atoms with Gasteiger partial charge >= 0.3 is 0 Å². The highest BCUT2D eigenvalue weighted by Crippen LogP contribution is 2.30. The van der Waals surface area contributed by atoms with E-state index >= 15 is 0 Å². The number of rotatable bonds is 6. The topological polar surface area (TPSA) is 83.6 Å². The molecule has 34 heavy (non-hydrogen) atoms. The highest BCUT2D eigenvalue weighted by molar-refractivity contribution is 7.89. The van der Waals surface area contributed by atoms with Crippen molar-refractivity contribution in [1.29, 1.82) is 0 Å². The Balaban J connectivity index is 1.62. The van der Waals surface area contributed by atoms with E-state index in [9.17, 15) is 18.0 Å². The summed E-state index contributed by atoms with van der Waals surface area (Å²) >= 11 is 18.2. The van der Waals surface area contributed by atoms with E-state index in [0.717, 1.165) is 0 Å². The van der Waals surface area contributed by atoms with Gasteiger partial charge in [0.25, 0.3) is 0 Å². The molecule has 1 amide bonds. The van der Waals surface area contributed by atoms with Gasteiger partial charge in [-0.05, 0) is 67.4 Å². The number of halogens is 3. The first kappa shape index (κ1) is 24.7. The monoisotopic (exact) mass is 536 g/mol. The Morgan fingerprint density at radius 1 is 0.882 bits per heavy atom. The minimum absolute atomic E-state index is 0.0534. The summed E-state index contributed by atoms with van der Waals surface area (Å²) in [5.74, 6) is -0.953. The molecule has 1 atom stereocenters. The van der Waals surface area contributed by atoms with Gasteiger partial charge in [0.2, 0.25) is 15.9 Å². The van der Waals surface area contributed by atoms with Gasteiger partial charge in [0.15, 0.2) is 5.78 Å². The van der Waals surface area contributed by atoms with E-state index < -0.39 is 27.8 Å². The van der Waals surface area contributed by atoms with Crippen molar-refractivity contribution in [2.45, 2.75) is 23.8 Å². The van der Waals surface area contributed by atoms with Crippen LogP contribution >= 0.6 is 34.8 Å². The quantitative estimate of drug-likeness (QED) is 0.411. The van der Waals surface area contributed by atoms with E-state index in [1.54, 1.807) is 24.3 Å². The molecule has 3 aromatic rings. The second-order valence-electron chi connectivity index (χ2n) is 7.72. The third-order valence-electron chi connectivity index (χ3n) is 5.53. The molecule has 1 saturated heterocycles. The van der Waals surface area contributed by atoms with Gasteiger partial charge in [-0.2, -0.15) is 4.31 Å². The maximum Gasteiger partial charge on any atom is 0.243 e. The van der Waals surface area contributed by atoms with Crippen molar-refractivity contribution in [2.75, 3.05) is 11.9 Å². The summed E-state index contributed by atoms with van der Waals surface area (Å²) in [5, 5.41) is 3.71. The Labute approximate surface area is 212 Å². The number of ketones is 1. The first-order valence-electron chi connectivity index (χ1n) is 10.4. The van der Waals surface area contributed by atoms with Crippen LogP contribution in [0.5, 0.6) is 0 Å². The van der Waals surface area contributed by atoms with Gasteiger partial charge in [0.1, 0.15) is 6.04 Å². The number of amides is 1. The molecule has 1 N–H and O–H groups in total. The van der Waals surface area contributed by atoms with Crippen LogP contribution in [0.4, 0.5) is 5.69 Å². The zero-order valence-electron chi connectivity index (χ0n) is 17.7. The zero-order chi connectivity index (χ0) is 24.5. The average Bonchev–Trinajstić information content (AvgIpc) is 3.32. The Morgan fingerprint density at radius 3 is 2.26 bits per heavy atom. The Bertz CT molecular complexity index is 1360. The molecule has 0 aliphatic carbocycles. The number of nitrogens with zero attached hydrogens (tertiary/aromatic N) is 1. The van der Waals surface area contributed by atoms with Gasteiger partial charge in [-0.15, -0.1) is 0 Å². The van der Waals surface area contributed by atoms with Crippen molar-refractivity contribution in [3.05, 3.63) is 92.9 Å². The van der Waals surface area contributed by atoms with Crippen LogP contribution < -0.4 is 5.32 Å². The molecule has 4 rings (SSSR count). The van der Waals surface area contributed by atoms with Crippen molar-refractivity contribution in [3.8, 4) is 0 Å². The predicted molar refractivity (Wildman–Crippen MR) is 133 cm³/mol. The molecule has 0 bridgehead atoms. The molecule has 1 heterocycles. The van der Waals surface area contributed by atoms with Crippen LogP contribution in [-0.4, -0.2) is 37.0 Å². The van der Waals surface area contributed by atoms with E-state index in [4.69, 9.17) is 34.8 Å². The average molecular weight is 538 g/mol. The number of hydrogen-bond acceptors (Lipinski definition) is 4. The summed E-state index contributed by atoms with van der Waals surface area (Å²) in [4.78, 5) is 26.4. The van der Waals surface area contributed by atoms with Crippen LogP contribution in [0.2, 0.25) is 15.1 Å². The number of sulfonamides is 1. The summed E-state index contributed by atoms with van der Waals surface area (Å²) in [6.07, 6.45) is 0.872. The SMILES string of the molecule is O=C(c1ccccc1Cl)c1cc(Cl)ccc1NC(=O)C1CCCN1S(=O)(=O)c1ccc(Cl)cc1. The number of hydrogen-bond donors (Lipinski definition) is 1. The Morgan fingerprint density at radius 2 is 1.56 bits per heavy atom. The normalized spacial score (nSPS) is 16.4. The van der Waals surface area contributed by atoms with Crippen LogP contribution in [0.15, 0.2) is 71.6 Å². The maximum absolute atomic E-state index is 13.2.